The second kappa shape index (κ2) is 6.27. The number of carboxylic acid groups (broad SMARTS) is 1. The van der Waals surface area contributed by atoms with Gasteiger partial charge in [0.1, 0.15) is 18.0 Å². The molecule has 23 heavy (non-hydrogen) atoms. The first-order valence-electron chi connectivity index (χ1n) is 6.89. The highest BCUT2D eigenvalue weighted by atomic mass is 16.5. The Morgan fingerprint density at radius 2 is 1.83 bits per heavy atom. The van der Waals surface area contributed by atoms with Crippen molar-refractivity contribution in [3.63, 3.8) is 0 Å². The van der Waals surface area contributed by atoms with Crippen LogP contribution in [0.4, 0.5) is 0 Å². The fourth-order valence-electron chi connectivity index (χ4n) is 2.29. The van der Waals surface area contributed by atoms with E-state index in [9.17, 15) is 4.79 Å². The maximum Gasteiger partial charge on any atom is 0.325 e. The number of aromatic nitrogens is 4. The van der Waals surface area contributed by atoms with Gasteiger partial charge < -0.3 is 9.84 Å². The maximum atomic E-state index is 11.1. The highest BCUT2D eigenvalue weighted by Crippen LogP contribution is 2.30. The van der Waals surface area contributed by atoms with Crippen molar-refractivity contribution in [3.8, 4) is 28.3 Å². The number of hydrogen-bond acceptors (Lipinski definition) is 5. The Labute approximate surface area is 132 Å². The molecule has 0 radical (unpaired) electrons. The second-order valence-corrected chi connectivity index (χ2v) is 4.80. The van der Waals surface area contributed by atoms with E-state index >= 15 is 0 Å². The van der Waals surface area contributed by atoms with Crippen molar-refractivity contribution < 1.29 is 14.6 Å². The number of benzene rings is 1. The van der Waals surface area contributed by atoms with E-state index in [1.807, 2.05) is 36.4 Å². The summed E-state index contributed by atoms with van der Waals surface area (Å²) in [4.78, 5) is 15.1. The van der Waals surface area contributed by atoms with Crippen LogP contribution in [0.15, 0.2) is 48.8 Å². The van der Waals surface area contributed by atoms with Gasteiger partial charge in [0.05, 0.1) is 12.8 Å². The molecule has 7 nitrogen and oxygen atoms in total. The van der Waals surface area contributed by atoms with Gasteiger partial charge in [0, 0.05) is 23.5 Å². The third kappa shape index (κ3) is 3.03. The van der Waals surface area contributed by atoms with Crippen molar-refractivity contribution in [2.75, 3.05) is 7.11 Å². The van der Waals surface area contributed by atoms with Gasteiger partial charge in [0.15, 0.2) is 0 Å². The van der Waals surface area contributed by atoms with Gasteiger partial charge in [-0.2, -0.15) is 0 Å². The number of hydrogen-bond donors (Lipinski definition) is 1. The molecule has 0 unspecified atom stereocenters. The summed E-state index contributed by atoms with van der Waals surface area (Å²) in [5, 5.41) is 17.2. The van der Waals surface area contributed by atoms with Crippen molar-refractivity contribution in [2.24, 2.45) is 0 Å². The van der Waals surface area contributed by atoms with E-state index < -0.39 is 5.97 Å². The molecule has 3 aromatic rings. The van der Waals surface area contributed by atoms with Gasteiger partial charge in [-0.15, -0.1) is 5.10 Å². The molecule has 0 fully saturated rings. The molecule has 0 saturated heterocycles. The van der Waals surface area contributed by atoms with Crippen LogP contribution in [0, 0.1) is 0 Å². The lowest BCUT2D eigenvalue weighted by Crippen LogP contribution is -2.11. The molecule has 2 heterocycles. The molecule has 0 atom stereocenters. The minimum atomic E-state index is -0.981. The summed E-state index contributed by atoms with van der Waals surface area (Å²) in [5.74, 6) is -0.262. The third-order valence-corrected chi connectivity index (χ3v) is 3.34. The first-order chi connectivity index (χ1) is 11.2. The van der Waals surface area contributed by atoms with Crippen LogP contribution in [0.25, 0.3) is 22.5 Å². The summed E-state index contributed by atoms with van der Waals surface area (Å²) in [7, 11) is 1.59. The first-order valence-corrected chi connectivity index (χ1v) is 6.89. The highest BCUT2D eigenvalue weighted by Gasteiger charge is 2.18. The Balaban J connectivity index is 2.14. The van der Waals surface area contributed by atoms with Crippen LogP contribution >= 0.6 is 0 Å². The zero-order valence-electron chi connectivity index (χ0n) is 12.4. The molecule has 2 aromatic heterocycles. The maximum absolute atomic E-state index is 11.1. The molecular weight excluding hydrogens is 296 g/mol. The van der Waals surface area contributed by atoms with Gasteiger partial charge in [-0.05, 0) is 36.4 Å². The van der Waals surface area contributed by atoms with Gasteiger partial charge in [0.25, 0.3) is 0 Å². The molecule has 1 N–H and O–H groups in total. The average molecular weight is 310 g/mol. The predicted molar refractivity (Wildman–Crippen MR) is 82.9 cm³/mol. The van der Waals surface area contributed by atoms with Crippen LogP contribution in [-0.4, -0.2) is 38.2 Å². The molecule has 0 saturated carbocycles. The fourth-order valence-corrected chi connectivity index (χ4v) is 2.29. The van der Waals surface area contributed by atoms with Crippen LogP contribution < -0.4 is 4.74 Å². The largest absolute Gasteiger partial charge is 0.497 e. The van der Waals surface area contributed by atoms with Gasteiger partial charge in [0.2, 0.25) is 0 Å². The van der Waals surface area contributed by atoms with E-state index in [1.165, 1.54) is 4.68 Å². The lowest BCUT2D eigenvalue weighted by molar-refractivity contribution is -0.137. The van der Waals surface area contributed by atoms with Crippen molar-refractivity contribution >= 4 is 5.97 Å². The minimum absolute atomic E-state index is 0.264. The predicted octanol–water partition coefficient (Wildman–Crippen LogP) is 2.10. The van der Waals surface area contributed by atoms with E-state index in [-0.39, 0.29) is 6.54 Å². The molecule has 0 aliphatic rings. The molecule has 0 aliphatic carbocycles. The zero-order chi connectivity index (χ0) is 16.2. The summed E-state index contributed by atoms with van der Waals surface area (Å²) >= 11 is 0. The summed E-state index contributed by atoms with van der Waals surface area (Å²) in [6, 6.07) is 10.9. The summed E-state index contributed by atoms with van der Waals surface area (Å²) in [5.41, 5.74) is 2.88. The number of carbonyl (C=O) groups is 1. The van der Waals surface area contributed by atoms with Crippen LogP contribution in [0.2, 0.25) is 0 Å². The quantitative estimate of drug-likeness (QED) is 0.776. The van der Waals surface area contributed by atoms with Gasteiger partial charge >= 0.3 is 5.97 Å². The monoisotopic (exact) mass is 310 g/mol. The van der Waals surface area contributed by atoms with E-state index in [0.29, 0.717) is 11.4 Å². The van der Waals surface area contributed by atoms with Crippen LogP contribution in [0.3, 0.4) is 0 Å². The van der Waals surface area contributed by atoms with Gasteiger partial charge in [-0.1, -0.05) is 5.21 Å². The van der Waals surface area contributed by atoms with Gasteiger partial charge in [-0.3, -0.25) is 9.78 Å². The number of pyridine rings is 1. The molecule has 0 amide bonds. The van der Waals surface area contributed by atoms with Crippen molar-refractivity contribution in [2.45, 2.75) is 6.54 Å². The molecule has 1 aromatic carbocycles. The lowest BCUT2D eigenvalue weighted by Gasteiger charge is -2.08. The number of carboxylic acids is 1. The molecule has 7 heteroatoms. The molecule has 3 rings (SSSR count). The number of aliphatic carboxylic acids is 1. The third-order valence-electron chi connectivity index (χ3n) is 3.34. The summed E-state index contributed by atoms with van der Waals surface area (Å²) < 4.78 is 6.53. The minimum Gasteiger partial charge on any atom is -0.497 e. The Morgan fingerprint density at radius 1 is 1.13 bits per heavy atom. The second-order valence-electron chi connectivity index (χ2n) is 4.80. The van der Waals surface area contributed by atoms with Crippen LogP contribution in [0.5, 0.6) is 5.75 Å². The number of methoxy groups -OCH3 is 1. The molecule has 0 spiro atoms. The van der Waals surface area contributed by atoms with E-state index in [2.05, 4.69) is 15.3 Å². The van der Waals surface area contributed by atoms with Crippen molar-refractivity contribution in [1.82, 2.24) is 20.0 Å². The topological polar surface area (TPSA) is 90.1 Å². The SMILES string of the molecule is COc1ccc(-c2c(-c3ccncc3)nnn2CC(=O)O)cc1. The number of ether oxygens (including phenoxy) is 1. The zero-order valence-corrected chi connectivity index (χ0v) is 12.4. The normalized spacial score (nSPS) is 10.5. The Bertz CT molecular complexity index is 813. The summed E-state index contributed by atoms with van der Waals surface area (Å²) in [6.07, 6.45) is 3.31. The van der Waals surface area contributed by atoms with E-state index in [0.717, 1.165) is 16.9 Å². The molecule has 0 bridgehead atoms. The van der Waals surface area contributed by atoms with Crippen molar-refractivity contribution in [1.29, 1.82) is 0 Å². The lowest BCUT2D eigenvalue weighted by atomic mass is 10.1. The van der Waals surface area contributed by atoms with Crippen LogP contribution in [-0.2, 0) is 11.3 Å². The van der Waals surface area contributed by atoms with Crippen molar-refractivity contribution in [3.05, 3.63) is 48.8 Å². The van der Waals surface area contributed by atoms with Gasteiger partial charge in [-0.25, -0.2) is 4.68 Å². The summed E-state index contributed by atoms with van der Waals surface area (Å²) in [6.45, 7) is -0.264. The van der Waals surface area contributed by atoms with Crippen LogP contribution in [0.1, 0.15) is 0 Å². The Hall–Kier alpha value is -3.22. The van der Waals surface area contributed by atoms with E-state index in [4.69, 9.17) is 9.84 Å². The number of nitrogens with zero attached hydrogens (tertiary/aromatic N) is 4. The average Bonchev–Trinajstić information content (AvgIpc) is 2.98. The standard InChI is InChI=1S/C16H14N4O3/c1-23-13-4-2-12(3-5-13)16-15(11-6-8-17-9-7-11)18-19-20(16)10-14(21)22/h2-9H,10H2,1H3,(H,21,22). The molecular formula is C16H14N4O3. The fraction of sp³-hybridized carbons (Fsp3) is 0.125. The Morgan fingerprint density at radius 3 is 2.43 bits per heavy atom. The highest BCUT2D eigenvalue weighted by molar-refractivity contribution is 5.79. The Kier molecular flexibility index (Phi) is 4.01. The first kappa shape index (κ1) is 14.7. The molecule has 0 aliphatic heterocycles. The molecule has 116 valence electrons. The smallest absolute Gasteiger partial charge is 0.325 e. The van der Waals surface area contributed by atoms with E-state index in [1.54, 1.807) is 19.5 Å². The number of rotatable bonds is 5.